The summed E-state index contributed by atoms with van der Waals surface area (Å²) in [4.78, 5) is 21.6. The highest BCUT2D eigenvalue weighted by Crippen LogP contribution is 2.39. The number of aliphatic hydroxyl groups excluding tert-OH is 2. The minimum Gasteiger partial charge on any atom is -0.397 e. The van der Waals surface area contributed by atoms with Crippen molar-refractivity contribution < 1.29 is 33.8 Å². The molecule has 1 unspecified atom stereocenters. The predicted molar refractivity (Wildman–Crippen MR) is 78.1 cm³/mol. The minimum atomic E-state index is -4.70. The van der Waals surface area contributed by atoms with E-state index in [2.05, 4.69) is 9.51 Å². The third kappa shape index (κ3) is 3.10. The van der Waals surface area contributed by atoms with Gasteiger partial charge in [-0.3, -0.25) is 4.52 Å². The summed E-state index contributed by atoms with van der Waals surface area (Å²) in [5, 5.41) is 20.1. The maximum atomic E-state index is 10.7. The Balaban J connectivity index is 1.85. The molecule has 0 saturated carbocycles. The Morgan fingerprint density at radius 2 is 2.09 bits per heavy atom. The molecule has 6 N–H and O–H groups in total. The highest BCUT2D eigenvalue weighted by molar-refractivity contribution is 7.46. The number of nitrogen functional groups attached to an aromatic ring is 1. The molecule has 1 aromatic heterocycles. The minimum absolute atomic E-state index is 0.454. The highest BCUT2D eigenvalue weighted by Gasteiger charge is 2.44. The van der Waals surface area contributed by atoms with Crippen LogP contribution < -0.4 is 5.73 Å². The number of phosphoric ester groups is 1. The Hall–Kier alpha value is -1.52. The SMILES string of the molecule is Nc1cccc2c1ncn2C1O[C@H](COP(=O)(O)O)[C@@H](O)[C@H]1O. The summed E-state index contributed by atoms with van der Waals surface area (Å²) in [7, 11) is -4.70. The van der Waals surface area contributed by atoms with Crippen LogP contribution in [0.1, 0.15) is 6.23 Å². The van der Waals surface area contributed by atoms with Crippen molar-refractivity contribution >= 4 is 24.5 Å². The second-order valence-corrected chi connectivity index (χ2v) is 6.44. The van der Waals surface area contributed by atoms with Crippen molar-refractivity contribution in [3.05, 3.63) is 24.5 Å². The number of hydrogen-bond acceptors (Lipinski definition) is 7. The summed E-state index contributed by atoms with van der Waals surface area (Å²) in [5.74, 6) is 0. The van der Waals surface area contributed by atoms with E-state index in [1.807, 2.05) is 0 Å². The van der Waals surface area contributed by atoms with Gasteiger partial charge in [0.25, 0.3) is 0 Å². The topological polar surface area (TPSA) is 160 Å². The van der Waals surface area contributed by atoms with E-state index < -0.39 is 39.0 Å². The average molecular weight is 345 g/mol. The van der Waals surface area contributed by atoms with Gasteiger partial charge in [0.05, 0.1) is 24.1 Å². The quantitative estimate of drug-likeness (QED) is 0.358. The Bertz CT molecular complexity index is 760. The van der Waals surface area contributed by atoms with Crippen LogP contribution in [0.2, 0.25) is 0 Å². The molecule has 0 spiro atoms. The molecule has 4 atom stereocenters. The molecule has 1 fully saturated rings. The monoisotopic (exact) mass is 345 g/mol. The zero-order valence-corrected chi connectivity index (χ0v) is 12.7. The summed E-state index contributed by atoms with van der Waals surface area (Å²) in [6.07, 6.45) is -3.36. The fourth-order valence-electron chi connectivity index (χ4n) is 2.55. The van der Waals surface area contributed by atoms with Crippen LogP contribution in [0.15, 0.2) is 24.5 Å². The number of ether oxygens (including phenoxy) is 1. The van der Waals surface area contributed by atoms with Crippen LogP contribution in [-0.2, 0) is 13.8 Å². The summed E-state index contributed by atoms with van der Waals surface area (Å²) >= 11 is 0. The first-order valence-electron chi connectivity index (χ1n) is 6.70. The van der Waals surface area contributed by atoms with E-state index in [0.717, 1.165) is 0 Å². The van der Waals surface area contributed by atoms with Crippen molar-refractivity contribution in [1.82, 2.24) is 9.55 Å². The van der Waals surface area contributed by atoms with E-state index in [4.69, 9.17) is 20.3 Å². The van der Waals surface area contributed by atoms with E-state index in [9.17, 15) is 14.8 Å². The van der Waals surface area contributed by atoms with Crippen LogP contribution in [0.3, 0.4) is 0 Å². The number of nitrogens with zero attached hydrogens (tertiary/aromatic N) is 2. The molecule has 2 aromatic rings. The first-order valence-corrected chi connectivity index (χ1v) is 8.23. The van der Waals surface area contributed by atoms with Crippen molar-refractivity contribution in [3.63, 3.8) is 0 Å². The Labute approximate surface area is 130 Å². The van der Waals surface area contributed by atoms with Crippen molar-refractivity contribution in [2.24, 2.45) is 0 Å². The highest BCUT2D eigenvalue weighted by atomic mass is 31.2. The number of nitrogens with two attached hydrogens (primary N) is 1. The summed E-state index contributed by atoms with van der Waals surface area (Å²) < 4.78 is 22.1. The maximum absolute atomic E-state index is 10.7. The van der Waals surface area contributed by atoms with Crippen molar-refractivity contribution in [3.8, 4) is 0 Å². The van der Waals surface area contributed by atoms with Crippen LogP contribution >= 0.6 is 7.82 Å². The zero-order valence-electron chi connectivity index (χ0n) is 11.8. The predicted octanol–water partition coefficient (Wildman–Crippen LogP) is -0.653. The lowest BCUT2D eigenvalue weighted by atomic mass is 10.1. The molecule has 1 aromatic carbocycles. The molecule has 0 amide bonds. The number of rotatable bonds is 4. The van der Waals surface area contributed by atoms with Gasteiger partial charge in [-0.05, 0) is 12.1 Å². The molecule has 0 bridgehead atoms. The van der Waals surface area contributed by atoms with Gasteiger partial charge in [0, 0.05) is 0 Å². The summed E-state index contributed by atoms with van der Waals surface area (Å²) in [6, 6.07) is 5.11. The lowest BCUT2D eigenvalue weighted by Crippen LogP contribution is -2.33. The number of phosphoric acid groups is 1. The van der Waals surface area contributed by atoms with Gasteiger partial charge in [0.15, 0.2) is 6.23 Å². The van der Waals surface area contributed by atoms with Gasteiger partial charge in [-0.15, -0.1) is 0 Å². The largest absolute Gasteiger partial charge is 0.469 e. The second-order valence-electron chi connectivity index (χ2n) is 5.20. The van der Waals surface area contributed by atoms with E-state index in [0.29, 0.717) is 16.7 Å². The second kappa shape index (κ2) is 5.84. The molecule has 1 aliphatic rings. The molecule has 0 radical (unpaired) electrons. The van der Waals surface area contributed by atoms with Gasteiger partial charge in [0.2, 0.25) is 0 Å². The van der Waals surface area contributed by atoms with Gasteiger partial charge in [-0.25, -0.2) is 9.55 Å². The molecule has 11 heteroatoms. The standard InChI is InChI=1S/C12H16N3O7P/c13-6-2-1-3-7-9(6)14-5-15(7)12-11(17)10(16)8(22-12)4-21-23(18,19)20/h1-3,5,8,10-12,16-17H,4,13H2,(H2,18,19,20)/t8-,10-,11-,12?/m1/s1. The van der Waals surface area contributed by atoms with Crippen molar-refractivity contribution in [1.29, 1.82) is 0 Å². The number of fused-ring (bicyclic) bond motifs is 1. The van der Waals surface area contributed by atoms with Gasteiger partial charge < -0.3 is 35.0 Å². The number of benzene rings is 1. The zero-order chi connectivity index (χ0) is 16.8. The summed E-state index contributed by atoms with van der Waals surface area (Å²) in [6.45, 7) is -0.562. The Morgan fingerprint density at radius 3 is 2.78 bits per heavy atom. The maximum Gasteiger partial charge on any atom is 0.469 e. The Morgan fingerprint density at radius 1 is 1.35 bits per heavy atom. The number of anilines is 1. The third-order valence-electron chi connectivity index (χ3n) is 3.65. The van der Waals surface area contributed by atoms with E-state index in [1.54, 1.807) is 18.2 Å². The van der Waals surface area contributed by atoms with Crippen LogP contribution in [-0.4, -0.2) is 54.5 Å². The summed E-state index contributed by atoms with van der Waals surface area (Å²) in [5.41, 5.74) is 7.39. The Kier molecular flexibility index (Phi) is 4.15. The molecular weight excluding hydrogens is 329 g/mol. The third-order valence-corrected chi connectivity index (χ3v) is 4.14. The van der Waals surface area contributed by atoms with Gasteiger partial charge in [-0.2, -0.15) is 0 Å². The van der Waals surface area contributed by atoms with E-state index >= 15 is 0 Å². The lowest BCUT2D eigenvalue weighted by molar-refractivity contribution is -0.0501. The van der Waals surface area contributed by atoms with E-state index in [1.165, 1.54) is 10.9 Å². The molecule has 1 aliphatic heterocycles. The first kappa shape index (κ1) is 16.3. The van der Waals surface area contributed by atoms with Gasteiger partial charge in [-0.1, -0.05) is 6.07 Å². The molecular formula is C12H16N3O7P. The van der Waals surface area contributed by atoms with Crippen molar-refractivity contribution in [2.75, 3.05) is 12.3 Å². The van der Waals surface area contributed by atoms with Gasteiger partial charge >= 0.3 is 7.82 Å². The van der Waals surface area contributed by atoms with Crippen LogP contribution in [0.25, 0.3) is 11.0 Å². The van der Waals surface area contributed by atoms with Crippen LogP contribution in [0.5, 0.6) is 0 Å². The number of imidazole rings is 1. The number of aliphatic hydroxyl groups is 2. The number of para-hydroxylation sites is 1. The molecule has 1 saturated heterocycles. The van der Waals surface area contributed by atoms with Crippen LogP contribution in [0.4, 0.5) is 5.69 Å². The normalized spacial score (nSPS) is 28.5. The molecule has 0 aliphatic carbocycles. The fourth-order valence-corrected chi connectivity index (χ4v) is 2.89. The molecule has 10 nitrogen and oxygen atoms in total. The smallest absolute Gasteiger partial charge is 0.397 e. The first-order chi connectivity index (χ1) is 10.8. The fraction of sp³-hybridized carbons (Fsp3) is 0.417. The average Bonchev–Trinajstić information content (AvgIpc) is 3.01. The van der Waals surface area contributed by atoms with Gasteiger partial charge in [0.1, 0.15) is 23.8 Å². The van der Waals surface area contributed by atoms with Crippen LogP contribution in [0, 0.1) is 0 Å². The molecule has 23 heavy (non-hydrogen) atoms. The number of aromatic nitrogens is 2. The lowest BCUT2D eigenvalue weighted by Gasteiger charge is -2.17. The number of hydrogen-bond donors (Lipinski definition) is 5. The molecule has 2 heterocycles. The van der Waals surface area contributed by atoms with E-state index in [-0.39, 0.29) is 0 Å². The molecule has 126 valence electrons. The van der Waals surface area contributed by atoms with Crippen molar-refractivity contribution in [2.45, 2.75) is 24.5 Å². The molecule has 3 rings (SSSR count).